The van der Waals surface area contributed by atoms with Crippen molar-refractivity contribution in [1.82, 2.24) is 24.1 Å². The molecular formula is C24H30N6. The van der Waals surface area contributed by atoms with Gasteiger partial charge in [-0.3, -0.25) is 4.40 Å². The zero-order valence-electron chi connectivity index (χ0n) is 18.1. The summed E-state index contributed by atoms with van der Waals surface area (Å²) in [5.41, 5.74) is 6.96. The summed E-state index contributed by atoms with van der Waals surface area (Å²) < 4.78 is 4.60. The summed E-state index contributed by atoms with van der Waals surface area (Å²) in [5, 5.41) is 12.7. The number of hydrogen-bond donors (Lipinski definition) is 1. The van der Waals surface area contributed by atoms with E-state index in [0.29, 0.717) is 6.04 Å². The second kappa shape index (κ2) is 7.76. The van der Waals surface area contributed by atoms with Crippen molar-refractivity contribution in [2.45, 2.75) is 46.2 Å². The molecule has 0 amide bonds. The molecule has 1 aromatic carbocycles. The molecule has 0 bridgehead atoms. The Morgan fingerprint density at radius 3 is 2.50 bits per heavy atom. The highest BCUT2D eigenvalue weighted by atomic mass is 15.3. The number of rotatable bonds is 5. The van der Waals surface area contributed by atoms with Crippen LogP contribution in [0.1, 0.15) is 36.8 Å². The van der Waals surface area contributed by atoms with Crippen molar-refractivity contribution in [2.24, 2.45) is 0 Å². The molecule has 1 aliphatic rings. The SMILES string of the molecule is CCN1CCC(Nc2cc3c(cc(C)n3Cc3ccccc3)n3c(C)nnc23)CC1. The van der Waals surface area contributed by atoms with Gasteiger partial charge in [0.2, 0.25) is 0 Å². The Balaban J connectivity index is 1.57. The molecule has 156 valence electrons. The standard InChI is InChI=1S/C24H30N6/c1-4-28-12-10-20(11-13-28)25-21-15-22-23(30-18(3)26-27-24(21)30)14-17(2)29(22)16-19-8-6-5-7-9-19/h5-9,14-15,20,25H,4,10-13,16H2,1-3H3. The van der Waals surface area contributed by atoms with Crippen LogP contribution in [0, 0.1) is 13.8 Å². The van der Waals surface area contributed by atoms with E-state index in [1.54, 1.807) is 0 Å². The van der Waals surface area contributed by atoms with Gasteiger partial charge in [-0.1, -0.05) is 37.3 Å². The summed E-state index contributed by atoms with van der Waals surface area (Å²) in [6.45, 7) is 10.8. The zero-order valence-corrected chi connectivity index (χ0v) is 18.1. The Bertz CT molecular complexity index is 1170. The van der Waals surface area contributed by atoms with E-state index in [2.05, 4.69) is 85.7 Å². The molecule has 0 saturated carbocycles. The maximum atomic E-state index is 4.52. The molecule has 3 aromatic heterocycles. The predicted octanol–water partition coefficient (Wildman–Crippen LogP) is 4.25. The lowest BCUT2D eigenvalue weighted by Crippen LogP contribution is -2.38. The number of nitrogens with one attached hydrogen (secondary N) is 1. The van der Waals surface area contributed by atoms with Gasteiger partial charge in [0, 0.05) is 31.4 Å². The van der Waals surface area contributed by atoms with Crippen LogP contribution in [0.4, 0.5) is 5.69 Å². The monoisotopic (exact) mass is 402 g/mol. The first-order valence-electron chi connectivity index (χ1n) is 11.0. The van der Waals surface area contributed by atoms with Crippen LogP contribution >= 0.6 is 0 Å². The first-order chi connectivity index (χ1) is 14.6. The van der Waals surface area contributed by atoms with Gasteiger partial charge in [-0.25, -0.2) is 0 Å². The van der Waals surface area contributed by atoms with Crippen LogP contribution in [0.25, 0.3) is 16.7 Å². The van der Waals surface area contributed by atoms with Crippen LogP contribution in [-0.2, 0) is 6.54 Å². The second-order valence-corrected chi connectivity index (χ2v) is 8.45. The van der Waals surface area contributed by atoms with E-state index in [-0.39, 0.29) is 0 Å². The largest absolute Gasteiger partial charge is 0.379 e. The lowest BCUT2D eigenvalue weighted by Gasteiger charge is -2.32. The summed E-state index contributed by atoms with van der Waals surface area (Å²) in [6.07, 6.45) is 2.32. The lowest BCUT2D eigenvalue weighted by atomic mass is 10.0. The van der Waals surface area contributed by atoms with E-state index in [1.165, 1.54) is 22.3 Å². The molecule has 30 heavy (non-hydrogen) atoms. The number of aromatic nitrogens is 4. The molecule has 4 aromatic rings. The molecule has 0 spiro atoms. The Morgan fingerprint density at radius 2 is 1.77 bits per heavy atom. The predicted molar refractivity (Wildman–Crippen MR) is 122 cm³/mol. The third kappa shape index (κ3) is 3.35. The normalized spacial score (nSPS) is 16.0. The van der Waals surface area contributed by atoms with Gasteiger partial charge in [-0.15, -0.1) is 10.2 Å². The van der Waals surface area contributed by atoms with Crippen molar-refractivity contribution < 1.29 is 0 Å². The number of likely N-dealkylation sites (tertiary alicyclic amines) is 1. The maximum absolute atomic E-state index is 4.52. The van der Waals surface area contributed by atoms with Crippen molar-refractivity contribution in [2.75, 3.05) is 25.0 Å². The quantitative estimate of drug-likeness (QED) is 0.542. The molecule has 0 radical (unpaired) electrons. The molecule has 0 aliphatic carbocycles. The molecule has 1 aliphatic heterocycles. The van der Waals surface area contributed by atoms with Crippen LogP contribution in [0.2, 0.25) is 0 Å². The van der Waals surface area contributed by atoms with Gasteiger partial charge in [0.1, 0.15) is 5.82 Å². The number of benzene rings is 1. The zero-order chi connectivity index (χ0) is 20.7. The number of aryl methyl sites for hydroxylation is 2. The topological polar surface area (TPSA) is 50.4 Å². The van der Waals surface area contributed by atoms with Gasteiger partial charge in [0.15, 0.2) is 5.65 Å². The average Bonchev–Trinajstić information content (AvgIpc) is 3.30. The first kappa shape index (κ1) is 19.1. The summed E-state index contributed by atoms with van der Waals surface area (Å²) >= 11 is 0. The Labute approximate surface area is 177 Å². The lowest BCUT2D eigenvalue weighted by molar-refractivity contribution is 0.229. The van der Waals surface area contributed by atoms with Crippen LogP contribution in [-0.4, -0.2) is 49.7 Å². The molecule has 0 unspecified atom stereocenters. The van der Waals surface area contributed by atoms with Crippen LogP contribution in [0.5, 0.6) is 0 Å². The highest BCUT2D eigenvalue weighted by Gasteiger charge is 2.21. The molecular weight excluding hydrogens is 372 g/mol. The molecule has 4 heterocycles. The van der Waals surface area contributed by atoms with Gasteiger partial charge in [0.25, 0.3) is 0 Å². The molecule has 6 heteroatoms. The number of nitrogens with zero attached hydrogens (tertiary/aromatic N) is 5. The van der Waals surface area contributed by atoms with Crippen LogP contribution < -0.4 is 5.32 Å². The fourth-order valence-corrected chi connectivity index (χ4v) is 4.73. The summed E-state index contributed by atoms with van der Waals surface area (Å²) in [6, 6.07) is 15.7. The van der Waals surface area contributed by atoms with Crippen LogP contribution in [0.15, 0.2) is 42.5 Å². The van der Waals surface area contributed by atoms with E-state index in [1.807, 2.05) is 6.92 Å². The second-order valence-electron chi connectivity index (χ2n) is 8.45. The summed E-state index contributed by atoms with van der Waals surface area (Å²) in [5.74, 6) is 0.927. The highest BCUT2D eigenvalue weighted by molar-refractivity contribution is 5.88. The highest BCUT2D eigenvalue weighted by Crippen LogP contribution is 2.30. The van der Waals surface area contributed by atoms with E-state index in [4.69, 9.17) is 0 Å². The van der Waals surface area contributed by atoms with Gasteiger partial charge >= 0.3 is 0 Å². The third-order valence-electron chi connectivity index (χ3n) is 6.49. The minimum absolute atomic E-state index is 0.477. The van der Waals surface area contributed by atoms with Gasteiger partial charge in [0.05, 0.1) is 16.7 Å². The van der Waals surface area contributed by atoms with E-state index >= 15 is 0 Å². The van der Waals surface area contributed by atoms with Crippen molar-refractivity contribution in [1.29, 1.82) is 0 Å². The van der Waals surface area contributed by atoms with Gasteiger partial charge < -0.3 is 14.8 Å². The number of fused-ring (bicyclic) bond motifs is 3. The number of piperidine rings is 1. The Kier molecular flexibility index (Phi) is 4.95. The molecule has 1 fully saturated rings. The Hall–Kier alpha value is -2.86. The summed E-state index contributed by atoms with van der Waals surface area (Å²) in [7, 11) is 0. The number of hydrogen-bond acceptors (Lipinski definition) is 4. The minimum Gasteiger partial charge on any atom is -0.379 e. The first-order valence-corrected chi connectivity index (χ1v) is 11.0. The van der Waals surface area contributed by atoms with Crippen molar-refractivity contribution >= 4 is 22.4 Å². The fraction of sp³-hybridized carbons (Fsp3) is 0.417. The van der Waals surface area contributed by atoms with E-state index in [0.717, 1.165) is 56.2 Å². The van der Waals surface area contributed by atoms with Gasteiger partial charge in [-0.2, -0.15) is 0 Å². The molecule has 6 nitrogen and oxygen atoms in total. The number of anilines is 1. The maximum Gasteiger partial charge on any atom is 0.184 e. The molecule has 5 rings (SSSR count). The summed E-state index contributed by atoms with van der Waals surface area (Å²) in [4.78, 5) is 2.52. The Morgan fingerprint density at radius 1 is 1.00 bits per heavy atom. The smallest absolute Gasteiger partial charge is 0.184 e. The molecule has 1 saturated heterocycles. The minimum atomic E-state index is 0.477. The van der Waals surface area contributed by atoms with Crippen molar-refractivity contribution in [3.8, 4) is 0 Å². The van der Waals surface area contributed by atoms with Crippen molar-refractivity contribution in [3.63, 3.8) is 0 Å². The molecule has 0 atom stereocenters. The van der Waals surface area contributed by atoms with Crippen LogP contribution in [0.3, 0.4) is 0 Å². The van der Waals surface area contributed by atoms with Gasteiger partial charge in [-0.05, 0) is 50.9 Å². The third-order valence-corrected chi connectivity index (χ3v) is 6.49. The fourth-order valence-electron chi connectivity index (χ4n) is 4.73. The van der Waals surface area contributed by atoms with E-state index < -0.39 is 0 Å². The average molecular weight is 403 g/mol. The van der Waals surface area contributed by atoms with Crippen molar-refractivity contribution in [3.05, 3.63) is 59.5 Å². The molecule has 1 N–H and O–H groups in total. The van der Waals surface area contributed by atoms with E-state index in [9.17, 15) is 0 Å². The number of pyridine rings is 1.